The zero-order valence-corrected chi connectivity index (χ0v) is 19.4. The van der Waals surface area contributed by atoms with Crippen molar-refractivity contribution in [3.63, 3.8) is 0 Å². The molecule has 1 N–H and O–H groups in total. The highest BCUT2D eigenvalue weighted by atomic mass is 35.5. The number of rotatable bonds is 10. The molecular formula is C22H27ClF2N4O3. The Bertz CT molecular complexity index is 1030. The summed E-state index contributed by atoms with van der Waals surface area (Å²) in [5, 5.41) is 7.70. The van der Waals surface area contributed by atoms with Gasteiger partial charge in [-0.25, -0.2) is 4.68 Å². The van der Waals surface area contributed by atoms with Crippen molar-refractivity contribution in [2.24, 2.45) is 5.92 Å². The number of nitrogens with zero attached hydrogens (tertiary/aromatic N) is 3. The van der Waals surface area contributed by atoms with Gasteiger partial charge in [-0.05, 0) is 31.1 Å². The van der Waals surface area contributed by atoms with E-state index in [2.05, 4.69) is 10.4 Å². The first-order valence-electron chi connectivity index (χ1n) is 9.98. The summed E-state index contributed by atoms with van der Waals surface area (Å²) in [4.78, 5) is 24.0. The minimum atomic E-state index is -3.48. The van der Waals surface area contributed by atoms with Gasteiger partial charge in [0.25, 0.3) is 5.91 Å². The van der Waals surface area contributed by atoms with E-state index in [4.69, 9.17) is 16.3 Å². The van der Waals surface area contributed by atoms with Crippen LogP contribution in [0.5, 0.6) is 5.75 Å². The molecule has 2 amide bonds. The molecule has 1 aromatic heterocycles. The maximum atomic E-state index is 13.3. The molecule has 0 aliphatic carbocycles. The Hall–Kier alpha value is -2.94. The Morgan fingerprint density at radius 3 is 2.66 bits per heavy atom. The molecule has 1 heterocycles. The van der Waals surface area contributed by atoms with Crippen molar-refractivity contribution < 1.29 is 23.1 Å². The normalized spacial score (nSPS) is 13.6. The van der Waals surface area contributed by atoms with Gasteiger partial charge in [0.05, 0.1) is 28.5 Å². The van der Waals surface area contributed by atoms with Crippen molar-refractivity contribution >= 4 is 40.5 Å². The van der Waals surface area contributed by atoms with Gasteiger partial charge < -0.3 is 15.0 Å². The molecule has 1 unspecified atom stereocenters. The van der Waals surface area contributed by atoms with Crippen LogP contribution in [-0.4, -0.2) is 52.6 Å². The predicted octanol–water partition coefficient (Wildman–Crippen LogP) is 4.33. The van der Waals surface area contributed by atoms with Crippen LogP contribution in [0.1, 0.15) is 27.7 Å². The summed E-state index contributed by atoms with van der Waals surface area (Å²) in [6.45, 7) is 5.95. The standard InChI is InChI=1S/C22H27ClF2N4O3/c1-6-7-16(11-28(5)13-30)29-19-9-17(23)20(8-15(19)10-26-29)32-12-18(14(2)3)27-21(31)22(4,24)25/h6-11,13-14,18H,12H2,1-5H3,(H,27,31)/b7-6-,16-11+. The number of nitrogens with one attached hydrogen (secondary N) is 1. The Morgan fingerprint density at radius 1 is 1.41 bits per heavy atom. The Labute approximate surface area is 190 Å². The SMILES string of the molecule is C/C=C\C(=C/N(C)C=O)n1ncc2cc(OCC(NC(=O)C(C)(F)F)C(C)C)c(Cl)cc21. The molecule has 0 saturated heterocycles. The van der Waals surface area contributed by atoms with E-state index in [1.165, 1.54) is 4.90 Å². The van der Waals surface area contributed by atoms with Gasteiger partial charge >= 0.3 is 5.92 Å². The zero-order chi connectivity index (χ0) is 24.1. The third-order valence-electron chi connectivity index (χ3n) is 4.64. The van der Waals surface area contributed by atoms with Crippen molar-refractivity contribution in [3.8, 4) is 5.75 Å². The summed E-state index contributed by atoms with van der Waals surface area (Å²) < 4.78 is 33.9. The molecule has 1 atom stereocenters. The Balaban J connectivity index is 2.30. The lowest BCUT2D eigenvalue weighted by Crippen LogP contribution is -2.48. The lowest BCUT2D eigenvalue weighted by molar-refractivity contribution is -0.144. The van der Waals surface area contributed by atoms with Crippen LogP contribution in [-0.2, 0) is 9.59 Å². The van der Waals surface area contributed by atoms with Crippen LogP contribution in [0.4, 0.5) is 8.78 Å². The van der Waals surface area contributed by atoms with Crippen LogP contribution in [0, 0.1) is 5.92 Å². The van der Waals surface area contributed by atoms with E-state index in [1.807, 2.05) is 13.0 Å². The number of aromatic nitrogens is 2. The summed E-state index contributed by atoms with van der Waals surface area (Å²) in [6.07, 6.45) is 7.53. The lowest BCUT2D eigenvalue weighted by atomic mass is 10.1. The first kappa shape index (κ1) is 25.3. The molecule has 1 aromatic carbocycles. The van der Waals surface area contributed by atoms with Crippen LogP contribution in [0.15, 0.2) is 36.7 Å². The van der Waals surface area contributed by atoms with E-state index in [1.54, 1.807) is 56.2 Å². The number of hydrogen-bond acceptors (Lipinski definition) is 4. The van der Waals surface area contributed by atoms with E-state index < -0.39 is 17.9 Å². The minimum Gasteiger partial charge on any atom is -0.490 e. The molecule has 32 heavy (non-hydrogen) atoms. The second kappa shape index (κ2) is 10.6. The molecule has 2 rings (SSSR count). The van der Waals surface area contributed by atoms with Crippen molar-refractivity contribution in [2.75, 3.05) is 13.7 Å². The van der Waals surface area contributed by atoms with Gasteiger partial charge in [0.2, 0.25) is 6.41 Å². The number of allylic oxidation sites excluding steroid dienone is 3. The Morgan fingerprint density at radius 2 is 2.09 bits per heavy atom. The monoisotopic (exact) mass is 468 g/mol. The van der Waals surface area contributed by atoms with E-state index >= 15 is 0 Å². The van der Waals surface area contributed by atoms with Gasteiger partial charge in [0.15, 0.2) is 0 Å². The highest BCUT2D eigenvalue weighted by molar-refractivity contribution is 6.32. The number of carbonyl (C=O) groups excluding carboxylic acids is 2. The van der Waals surface area contributed by atoms with Crippen molar-refractivity contribution in [2.45, 2.75) is 39.7 Å². The quantitative estimate of drug-likeness (QED) is 0.416. The van der Waals surface area contributed by atoms with Gasteiger partial charge in [-0.2, -0.15) is 13.9 Å². The number of amides is 2. The fourth-order valence-electron chi connectivity index (χ4n) is 2.80. The smallest absolute Gasteiger partial charge is 0.321 e. The molecule has 2 aromatic rings. The number of ether oxygens (including phenoxy) is 1. The topological polar surface area (TPSA) is 76.5 Å². The molecule has 0 spiro atoms. The van der Waals surface area contributed by atoms with Crippen LogP contribution in [0.2, 0.25) is 5.02 Å². The maximum Gasteiger partial charge on any atom is 0.321 e. The molecule has 0 saturated carbocycles. The van der Waals surface area contributed by atoms with Gasteiger partial charge in [-0.15, -0.1) is 0 Å². The van der Waals surface area contributed by atoms with Crippen LogP contribution < -0.4 is 10.1 Å². The van der Waals surface area contributed by atoms with Crippen LogP contribution >= 0.6 is 11.6 Å². The third kappa shape index (κ3) is 6.29. The second-order valence-corrected chi connectivity index (χ2v) is 8.15. The second-order valence-electron chi connectivity index (χ2n) is 7.75. The number of hydrogen-bond donors (Lipinski definition) is 1. The molecule has 0 fully saturated rings. The minimum absolute atomic E-state index is 0.0350. The highest BCUT2D eigenvalue weighted by Crippen LogP contribution is 2.31. The van der Waals surface area contributed by atoms with Gasteiger partial charge in [-0.3, -0.25) is 9.59 Å². The number of carbonyl (C=O) groups is 2. The molecular weight excluding hydrogens is 442 g/mol. The van der Waals surface area contributed by atoms with E-state index in [0.717, 1.165) is 5.39 Å². The fraction of sp³-hybridized carbons (Fsp3) is 0.409. The Kier molecular flexibility index (Phi) is 8.38. The van der Waals surface area contributed by atoms with Gasteiger partial charge in [0.1, 0.15) is 12.4 Å². The summed E-state index contributed by atoms with van der Waals surface area (Å²) in [5.74, 6) is -4.64. The van der Waals surface area contributed by atoms with E-state index in [-0.39, 0.29) is 17.5 Å². The highest BCUT2D eigenvalue weighted by Gasteiger charge is 2.34. The average Bonchev–Trinajstić information content (AvgIpc) is 3.11. The number of halogens is 3. The molecule has 7 nitrogen and oxygen atoms in total. The molecule has 10 heteroatoms. The summed E-state index contributed by atoms with van der Waals surface area (Å²) in [5.41, 5.74) is 1.33. The van der Waals surface area contributed by atoms with E-state index in [0.29, 0.717) is 30.3 Å². The molecule has 0 bridgehead atoms. The number of alkyl halides is 2. The molecule has 0 aliphatic heterocycles. The van der Waals surface area contributed by atoms with Crippen molar-refractivity contribution in [1.29, 1.82) is 0 Å². The summed E-state index contributed by atoms with van der Waals surface area (Å²) in [6, 6.07) is 2.72. The average molecular weight is 469 g/mol. The largest absolute Gasteiger partial charge is 0.490 e. The first-order chi connectivity index (χ1) is 15.0. The van der Waals surface area contributed by atoms with Crippen molar-refractivity contribution in [3.05, 3.63) is 41.7 Å². The van der Waals surface area contributed by atoms with Crippen LogP contribution in [0.25, 0.3) is 16.6 Å². The summed E-state index contributed by atoms with van der Waals surface area (Å²) >= 11 is 6.41. The maximum absolute atomic E-state index is 13.3. The zero-order valence-electron chi connectivity index (χ0n) is 18.6. The molecule has 0 radical (unpaired) electrons. The number of fused-ring (bicyclic) bond motifs is 1. The third-order valence-corrected chi connectivity index (χ3v) is 4.94. The van der Waals surface area contributed by atoms with Crippen LogP contribution in [0.3, 0.4) is 0 Å². The lowest BCUT2D eigenvalue weighted by Gasteiger charge is -2.24. The first-order valence-corrected chi connectivity index (χ1v) is 10.4. The van der Waals surface area contributed by atoms with Crippen molar-refractivity contribution in [1.82, 2.24) is 20.0 Å². The predicted molar refractivity (Wildman–Crippen MR) is 121 cm³/mol. The summed E-state index contributed by atoms with van der Waals surface area (Å²) in [7, 11) is 1.61. The van der Waals surface area contributed by atoms with Gasteiger partial charge in [0, 0.05) is 25.6 Å². The molecule has 174 valence electrons. The molecule has 0 aliphatic rings. The van der Waals surface area contributed by atoms with E-state index in [9.17, 15) is 18.4 Å². The fourth-order valence-corrected chi connectivity index (χ4v) is 3.01. The van der Waals surface area contributed by atoms with Gasteiger partial charge in [-0.1, -0.05) is 31.5 Å². The number of benzene rings is 1.